The number of nitrogens with one attached hydrogen (secondary N) is 1. The number of anilines is 2. The highest BCUT2D eigenvalue weighted by Crippen LogP contribution is 2.38. The Labute approximate surface area is 119 Å². The first-order valence-corrected chi connectivity index (χ1v) is 7.47. The second-order valence-corrected chi connectivity index (χ2v) is 5.58. The van der Waals surface area contributed by atoms with Crippen molar-refractivity contribution >= 4 is 11.6 Å². The average Bonchev–Trinajstić information content (AvgIpc) is 3.29. The molecule has 20 heavy (non-hydrogen) atoms. The van der Waals surface area contributed by atoms with Gasteiger partial charge >= 0.3 is 0 Å². The van der Waals surface area contributed by atoms with E-state index in [9.17, 15) is 0 Å². The smallest absolute Gasteiger partial charge is 0.136 e. The van der Waals surface area contributed by atoms with Gasteiger partial charge in [0.15, 0.2) is 0 Å². The molecule has 6 heteroatoms. The van der Waals surface area contributed by atoms with Gasteiger partial charge in [0.05, 0.1) is 12.7 Å². The van der Waals surface area contributed by atoms with Crippen LogP contribution in [0.4, 0.5) is 11.6 Å². The third-order valence-electron chi connectivity index (χ3n) is 3.89. The number of nitrogens with two attached hydrogens (primary N) is 1. The zero-order valence-corrected chi connectivity index (χ0v) is 12.0. The minimum atomic E-state index is 0.212. The molecule has 1 aliphatic heterocycles. The second kappa shape index (κ2) is 5.93. The summed E-state index contributed by atoms with van der Waals surface area (Å²) in [5.41, 5.74) is 5.85. The average molecular weight is 277 g/mol. The lowest BCUT2D eigenvalue weighted by Gasteiger charge is -2.32. The molecule has 1 aromatic rings. The molecule has 3 N–H and O–H groups in total. The third kappa shape index (κ3) is 3.37. The Balaban J connectivity index is 1.57. The van der Waals surface area contributed by atoms with Crippen LogP contribution >= 0.6 is 0 Å². The van der Waals surface area contributed by atoms with Crippen molar-refractivity contribution < 1.29 is 4.74 Å². The molecule has 6 nitrogen and oxygen atoms in total. The third-order valence-corrected chi connectivity index (χ3v) is 3.89. The van der Waals surface area contributed by atoms with Gasteiger partial charge in [-0.05, 0) is 19.4 Å². The number of nitrogen functional groups attached to an aromatic ring is 1. The van der Waals surface area contributed by atoms with Crippen LogP contribution < -0.4 is 11.1 Å². The second-order valence-electron chi connectivity index (χ2n) is 5.58. The van der Waals surface area contributed by atoms with Crippen LogP contribution in [0.5, 0.6) is 0 Å². The Morgan fingerprint density at radius 1 is 1.45 bits per heavy atom. The van der Waals surface area contributed by atoms with E-state index >= 15 is 0 Å². The number of ether oxygens (including phenoxy) is 1. The van der Waals surface area contributed by atoms with E-state index in [2.05, 4.69) is 27.1 Å². The van der Waals surface area contributed by atoms with E-state index in [-0.39, 0.29) is 6.10 Å². The maximum atomic E-state index is 5.85. The maximum absolute atomic E-state index is 5.85. The highest BCUT2D eigenvalue weighted by molar-refractivity contribution is 5.45. The van der Waals surface area contributed by atoms with Gasteiger partial charge in [0.2, 0.25) is 0 Å². The molecule has 1 atom stereocenters. The molecule has 0 bridgehead atoms. The molecule has 1 aromatic heterocycles. The Hall–Kier alpha value is -1.40. The van der Waals surface area contributed by atoms with Crippen molar-refractivity contribution in [3.8, 4) is 0 Å². The van der Waals surface area contributed by atoms with E-state index in [1.165, 1.54) is 12.8 Å². The molecule has 2 fully saturated rings. The van der Waals surface area contributed by atoms with Crippen LogP contribution in [0.1, 0.15) is 31.5 Å². The van der Waals surface area contributed by atoms with E-state index in [1.807, 2.05) is 0 Å². The number of aromatic nitrogens is 2. The summed E-state index contributed by atoms with van der Waals surface area (Å²) < 4.78 is 5.77. The van der Waals surface area contributed by atoms with Gasteiger partial charge in [-0.1, -0.05) is 6.92 Å². The van der Waals surface area contributed by atoms with Crippen LogP contribution in [-0.2, 0) is 4.74 Å². The minimum absolute atomic E-state index is 0.212. The number of hydrogen-bond donors (Lipinski definition) is 2. The van der Waals surface area contributed by atoms with Gasteiger partial charge < -0.3 is 15.8 Å². The number of morpholine rings is 1. The quantitative estimate of drug-likeness (QED) is 0.838. The van der Waals surface area contributed by atoms with Gasteiger partial charge in [-0.25, -0.2) is 9.97 Å². The monoisotopic (exact) mass is 277 g/mol. The van der Waals surface area contributed by atoms with Crippen molar-refractivity contribution in [3.63, 3.8) is 0 Å². The van der Waals surface area contributed by atoms with Gasteiger partial charge in [-0.2, -0.15) is 0 Å². The normalized spacial score (nSPS) is 23.8. The number of rotatable bonds is 5. The molecule has 1 saturated heterocycles. The van der Waals surface area contributed by atoms with E-state index < -0.39 is 0 Å². The standard InChI is InChI=1S/C14H23N5O/c1-2-19-5-6-20-11(9-19)8-16-13-7-12(15)17-14(18-13)10-3-4-10/h7,10-11H,2-6,8-9H2,1H3,(H3,15,16,17,18). The van der Waals surface area contributed by atoms with Crippen molar-refractivity contribution in [2.45, 2.75) is 31.8 Å². The predicted molar refractivity (Wildman–Crippen MR) is 78.8 cm³/mol. The Morgan fingerprint density at radius 3 is 3.05 bits per heavy atom. The molecule has 0 amide bonds. The van der Waals surface area contributed by atoms with Gasteiger partial charge in [0.1, 0.15) is 17.5 Å². The lowest BCUT2D eigenvalue weighted by Crippen LogP contribution is -2.45. The van der Waals surface area contributed by atoms with Gasteiger partial charge in [-0.15, -0.1) is 0 Å². The fourth-order valence-electron chi connectivity index (χ4n) is 2.51. The predicted octanol–water partition coefficient (Wildman–Crippen LogP) is 1.07. The van der Waals surface area contributed by atoms with Crippen molar-refractivity contribution in [1.29, 1.82) is 0 Å². The summed E-state index contributed by atoms with van der Waals surface area (Å²) in [6.07, 6.45) is 2.57. The van der Waals surface area contributed by atoms with Crippen LogP contribution in [0.3, 0.4) is 0 Å². The molecular weight excluding hydrogens is 254 g/mol. The molecule has 0 spiro atoms. The highest BCUT2D eigenvalue weighted by Gasteiger charge is 2.27. The van der Waals surface area contributed by atoms with E-state index in [1.54, 1.807) is 6.07 Å². The molecule has 0 radical (unpaired) electrons. The van der Waals surface area contributed by atoms with Crippen LogP contribution in [0, 0.1) is 0 Å². The Bertz CT molecular complexity index is 463. The molecule has 1 saturated carbocycles. The number of nitrogens with zero attached hydrogens (tertiary/aromatic N) is 3. The van der Waals surface area contributed by atoms with Gasteiger partial charge in [0.25, 0.3) is 0 Å². The van der Waals surface area contributed by atoms with Crippen molar-refractivity contribution in [3.05, 3.63) is 11.9 Å². The molecule has 110 valence electrons. The van der Waals surface area contributed by atoms with Gasteiger partial charge in [0, 0.05) is 31.6 Å². The SMILES string of the molecule is CCN1CCOC(CNc2cc(N)nc(C3CC3)n2)C1. The number of likely N-dealkylation sites (N-methyl/N-ethyl adjacent to an activating group) is 1. The molecule has 2 aliphatic rings. The van der Waals surface area contributed by atoms with Crippen LogP contribution in [0.25, 0.3) is 0 Å². The summed E-state index contributed by atoms with van der Waals surface area (Å²) in [4.78, 5) is 11.3. The number of hydrogen-bond acceptors (Lipinski definition) is 6. The Kier molecular flexibility index (Phi) is 4.03. The van der Waals surface area contributed by atoms with Crippen molar-refractivity contribution in [2.24, 2.45) is 0 Å². The molecular formula is C14H23N5O. The lowest BCUT2D eigenvalue weighted by molar-refractivity contribution is -0.0192. The van der Waals surface area contributed by atoms with Crippen LogP contribution in [0.2, 0.25) is 0 Å². The van der Waals surface area contributed by atoms with Crippen molar-refractivity contribution in [1.82, 2.24) is 14.9 Å². The molecule has 1 aliphatic carbocycles. The zero-order chi connectivity index (χ0) is 13.9. The van der Waals surface area contributed by atoms with Crippen LogP contribution in [-0.4, -0.2) is 53.8 Å². The van der Waals surface area contributed by atoms with E-state index in [0.717, 1.165) is 44.4 Å². The lowest BCUT2D eigenvalue weighted by atomic mass is 10.2. The first-order chi connectivity index (χ1) is 9.74. The fourth-order valence-corrected chi connectivity index (χ4v) is 2.51. The molecule has 2 heterocycles. The summed E-state index contributed by atoms with van der Waals surface area (Å²) in [5, 5.41) is 3.34. The first kappa shape index (κ1) is 13.6. The van der Waals surface area contributed by atoms with E-state index in [0.29, 0.717) is 11.7 Å². The van der Waals surface area contributed by atoms with Crippen LogP contribution in [0.15, 0.2) is 6.07 Å². The molecule has 3 rings (SSSR count). The maximum Gasteiger partial charge on any atom is 0.136 e. The summed E-state index contributed by atoms with van der Waals surface area (Å²) in [6.45, 7) is 6.82. The minimum Gasteiger partial charge on any atom is -0.384 e. The summed E-state index contributed by atoms with van der Waals surface area (Å²) in [7, 11) is 0. The summed E-state index contributed by atoms with van der Waals surface area (Å²) in [6, 6.07) is 1.80. The molecule has 0 aromatic carbocycles. The largest absolute Gasteiger partial charge is 0.384 e. The zero-order valence-electron chi connectivity index (χ0n) is 12.0. The Morgan fingerprint density at radius 2 is 2.30 bits per heavy atom. The highest BCUT2D eigenvalue weighted by atomic mass is 16.5. The summed E-state index contributed by atoms with van der Waals surface area (Å²) in [5.74, 6) is 2.76. The van der Waals surface area contributed by atoms with Gasteiger partial charge in [-0.3, -0.25) is 4.90 Å². The van der Waals surface area contributed by atoms with Crippen molar-refractivity contribution in [2.75, 3.05) is 43.8 Å². The topological polar surface area (TPSA) is 76.3 Å². The molecule has 1 unspecified atom stereocenters. The van der Waals surface area contributed by atoms with E-state index in [4.69, 9.17) is 10.5 Å². The first-order valence-electron chi connectivity index (χ1n) is 7.47. The fraction of sp³-hybridized carbons (Fsp3) is 0.714. The summed E-state index contributed by atoms with van der Waals surface area (Å²) >= 11 is 0.